The van der Waals surface area contributed by atoms with E-state index in [1.165, 1.54) is 0 Å². The Labute approximate surface area is 106 Å². The molecule has 0 atom stereocenters. The number of benzene rings is 1. The fourth-order valence-electron chi connectivity index (χ4n) is 1.66. The van der Waals surface area contributed by atoms with Crippen LogP contribution in [-0.2, 0) is 11.2 Å². The number of hydrogen-bond donors (Lipinski definition) is 2. The van der Waals surface area contributed by atoms with Crippen molar-refractivity contribution in [2.45, 2.75) is 13.3 Å². The van der Waals surface area contributed by atoms with Gasteiger partial charge in [0.1, 0.15) is 5.75 Å². The highest BCUT2D eigenvalue weighted by atomic mass is 16.5. The summed E-state index contributed by atoms with van der Waals surface area (Å²) >= 11 is 0. The molecule has 0 aliphatic heterocycles. The molecule has 2 N–H and O–H groups in total. The van der Waals surface area contributed by atoms with E-state index < -0.39 is 0 Å². The molecule has 1 aromatic heterocycles. The van der Waals surface area contributed by atoms with Gasteiger partial charge in [0, 0.05) is 18.1 Å². The van der Waals surface area contributed by atoms with Crippen molar-refractivity contribution in [1.82, 2.24) is 4.98 Å². The van der Waals surface area contributed by atoms with E-state index in [9.17, 15) is 4.79 Å². The summed E-state index contributed by atoms with van der Waals surface area (Å²) in [4.78, 5) is 14.7. The van der Waals surface area contributed by atoms with Crippen LogP contribution in [0.1, 0.15) is 12.5 Å². The van der Waals surface area contributed by atoms with Crippen LogP contribution < -0.4 is 10.1 Å². The molecule has 0 fully saturated rings. The molecule has 94 valence electrons. The molecule has 0 radical (unpaired) electrons. The van der Waals surface area contributed by atoms with Crippen LogP contribution in [0.4, 0.5) is 5.69 Å². The fourth-order valence-corrected chi connectivity index (χ4v) is 1.66. The number of ether oxygens (including phenoxy) is 1. The number of rotatable bonds is 5. The van der Waals surface area contributed by atoms with Crippen LogP contribution in [0.5, 0.6) is 5.75 Å². The third-order valence-corrected chi connectivity index (χ3v) is 2.48. The number of aromatic nitrogens is 1. The SMILES string of the molecule is CCOc1ccc(NC(=O)Cc2cc[nH]c2)cc1. The van der Waals surface area contributed by atoms with Gasteiger partial charge in [-0.15, -0.1) is 0 Å². The molecule has 0 unspecified atom stereocenters. The number of carbonyl (C=O) groups is 1. The van der Waals surface area contributed by atoms with E-state index in [0.717, 1.165) is 17.0 Å². The zero-order valence-electron chi connectivity index (χ0n) is 10.3. The molecule has 18 heavy (non-hydrogen) atoms. The second-order valence-corrected chi connectivity index (χ2v) is 3.90. The Morgan fingerprint density at radius 3 is 2.67 bits per heavy atom. The normalized spacial score (nSPS) is 10.1. The Hall–Kier alpha value is -2.23. The quantitative estimate of drug-likeness (QED) is 0.849. The molecule has 0 saturated heterocycles. The number of anilines is 1. The smallest absolute Gasteiger partial charge is 0.228 e. The summed E-state index contributed by atoms with van der Waals surface area (Å²) in [6.07, 6.45) is 3.99. The predicted octanol–water partition coefficient (Wildman–Crippen LogP) is 2.59. The zero-order chi connectivity index (χ0) is 12.8. The van der Waals surface area contributed by atoms with Crippen molar-refractivity contribution in [2.24, 2.45) is 0 Å². The molecule has 4 nitrogen and oxygen atoms in total. The minimum Gasteiger partial charge on any atom is -0.494 e. The summed E-state index contributed by atoms with van der Waals surface area (Å²) in [7, 11) is 0. The van der Waals surface area contributed by atoms with Gasteiger partial charge in [-0.05, 0) is 42.8 Å². The third kappa shape index (κ3) is 3.38. The summed E-state index contributed by atoms with van der Waals surface area (Å²) < 4.78 is 5.33. The van der Waals surface area contributed by atoms with E-state index in [2.05, 4.69) is 10.3 Å². The molecule has 1 heterocycles. The summed E-state index contributed by atoms with van der Waals surface area (Å²) in [6, 6.07) is 9.24. The van der Waals surface area contributed by atoms with Crippen LogP contribution >= 0.6 is 0 Å². The summed E-state index contributed by atoms with van der Waals surface area (Å²) in [5.74, 6) is 0.778. The van der Waals surface area contributed by atoms with E-state index in [0.29, 0.717) is 13.0 Å². The van der Waals surface area contributed by atoms with Crippen LogP contribution in [-0.4, -0.2) is 17.5 Å². The number of carbonyl (C=O) groups excluding carboxylic acids is 1. The minimum absolute atomic E-state index is 0.0289. The lowest BCUT2D eigenvalue weighted by Gasteiger charge is -2.06. The molecule has 0 spiro atoms. The lowest BCUT2D eigenvalue weighted by Crippen LogP contribution is -2.13. The van der Waals surface area contributed by atoms with Gasteiger partial charge in [0.15, 0.2) is 0 Å². The maximum absolute atomic E-state index is 11.7. The van der Waals surface area contributed by atoms with E-state index in [1.54, 1.807) is 6.20 Å². The van der Waals surface area contributed by atoms with Gasteiger partial charge in [0.05, 0.1) is 13.0 Å². The summed E-state index contributed by atoms with van der Waals surface area (Å²) in [5, 5.41) is 2.84. The predicted molar refractivity (Wildman–Crippen MR) is 70.7 cm³/mol. The average molecular weight is 244 g/mol. The van der Waals surface area contributed by atoms with Crippen molar-refractivity contribution in [3.63, 3.8) is 0 Å². The molecule has 0 saturated carbocycles. The van der Waals surface area contributed by atoms with Crippen LogP contribution in [0.2, 0.25) is 0 Å². The van der Waals surface area contributed by atoms with Gasteiger partial charge >= 0.3 is 0 Å². The highest BCUT2D eigenvalue weighted by Gasteiger charge is 2.04. The number of amides is 1. The lowest BCUT2D eigenvalue weighted by atomic mass is 10.2. The van der Waals surface area contributed by atoms with Gasteiger partial charge in [-0.2, -0.15) is 0 Å². The average Bonchev–Trinajstić information content (AvgIpc) is 2.84. The first-order valence-corrected chi connectivity index (χ1v) is 5.92. The highest BCUT2D eigenvalue weighted by molar-refractivity contribution is 5.92. The van der Waals surface area contributed by atoms with Gasteiger partial charge in [0.25, 0.3) is 0 Å². The molecule has 0 aliphatic rings. The van der Waals surface area contributed by atoms with Gasteiger partial charge in [-0.1, -0.05) is 0 Å². The summed E-state index contributed by atoms with van der Waals surface area (Å²) in [6.45, 7) is 2.58. The second kappa shape index (κ2) is 5.91. The molecule has 0 aliphatic carbocycles. The monoisotopic (exact) mass is 244 g/mol. The Morgan fingerprint density at radius 2 is 2.06 bits per heavy atom. The first-order chi connectivity index (χ1) is 8.78. The van der Waals surface area contributed by atoms with Crippen LogP contribution in [0, 0.1) is 0 Å². The second-order valence-electron chi connectivity index (χ2n) is 3.90. The Balaban J connectivity index is 1.90. The van der Waals surface area contributed by atoms with Crippen LogP contribution in [0.25, 0.3) is 0 Å². The summed E-state index contributed by atoms with van der Waals surface area (Å²) in [5.41, 5.74) is 1.75. The zero-order valence-corrected chi connectivity index (χ0v) is 10.3. The maximum atomic E-state index is 11.7. The van der Waals surface area contributed by atoms with Gasteiger partial charge < -0.3 is 15.0 Å². The first-order valence-electron chi connectivity index (χ1n) is 5.92. The van der Waals surface area contributed by atoms with Gasteiger partial charge in [0.2, 0.25) is 5.91 Å². The third-order valence-electron chi connectivity index (χ3n) is 2.48. The number of nitrogens with one attached hydrogen (secondary N) is 2. The standard InChI is InChI=1S/C14H16N2O2/c1-2-18-13-5-3-12(4-6-13)16-14(17)9-11-7-8-15-10-11/h3-8,10,15H,2,9H2,1H3,(H,16,17). The van der Waals surface area contributed by atoms with E-state index in [-0.39, 0.29) is 5.91 Å². The van der Waals surface area contributed by atoms with Gasteiger partial charge in [-0.3, -0.25) is 4.79 Å². The number of H-pyrrole nitrogens is 1. The lowest BCUT2D eigenvalue weighted by molar-refractivity contribution is -0.115. The van der Waals surface area contributed by atoms with Crippen LogP contribution in [0.3, 0.4) is 0 Å². The number of hydrogen-bond acceptors (Lipinski definition) is 2. The molecule has 2 rings (SSSR count). The Kier molecular flexibility index (Phi) is 4.02. The topological polar surface area (TPSA) is 54.1 Å². The first kappa shape index (κ1) is 12.2. The molecule has 1 aromatic carbocycles. The van der Waals surface area contributed by atoms with Gasteiger partial charge in [-0.25, -0.2) is 0 Å². The minimum atomic E-state index is -0.0289. The Morgan fingerprint density at radius 1 is 1.28 bits per heavy atom. The van der Waals surface area contributed by atoms with E-state index in [1.807, 2.05) is 43.5 Å². The Bertz CT molecular complexity index is 489. The van der Waals surface area contributed by atoms with Crippen molar-refractivity contribution < 1.29 is 9.53 Å². The molecule has 1 amide bonds. The molecular formula is C14H16N2O2. The molecule has 0 bridgehead atoms. The van der Waals surface area contributed by atoms with Crippen molar-refractivity contribution in [3.8, 4) is 5.75 Å². The molecular weight excluding hydrogens is 228 g/mol. The fraction of sp³-hybridized carbons (Fsp3) is 0.214. The van der Waals surface area contributed by atoms with E-state index >= 15 is 0 Å². The van der Waals surface area contributed by atoms with Crippen molar-refractivity contribution >= 4 is 11.6 Å². The molecule has 4 heteroatoms. The van der Waals surface area contributed by atoms with Crippen LogP contribution in [0.15, 0.2) is 42.7 Å². The van der Waals surface area contributed by atoms with Crippen molar-refractivity contribution in [2.75, 3.05) is 11.9 Å². The molecule has 2 aromatic rings. The number of aromatic amines is 1. The van der Waals surface area contributed by atoms with Crippen molar-refractivity contribution in [3.05, 3.63) is 48.3 Å². The largest absolute Gasteiger partial charge is 0.494 e. The highest BCUT2D eigenvalue weighted by Crippen LogP contribution is 2.15. The van der Waals surface area contributed by atoms with Crippen molar-refractivity contribution in [1.29, 1.82) is 0 Å². The van der Waals surface area contributed by atoms with E-state index in [4.69, 9.17) is 4.74 Å². The maximum Gasteiger partial charge on any atom is 0.228 e.